The van der Waals surface area contributed by atoms with Gasteiger partial charge in [-0.3, -0.25) is 19.8 Å². The van der Waals surface area contributed by atoms with E-state index in [9.17, 15) is 9.59 Å². The van der Waals surface area contributed by atoms with Crippen molar-refractivity contribution in [1.82, 2.24) is 14.8 Å². The molecule has 7 heteroatoms. The van der Waals surface area contributed by atoms with E-state index in [0.717, 1.165) is 12.1 Å². The zero-order chi connectivity index (χ0) is 16.3. The minimum Gasteiger partial charge on any atom is -0.465 e. The molecule has 0 spiro atoms. The largest absolute Gasteiger partial charge is 0.465 e. The van der Waals surface area contributed by atoms with E-state index in [0.29, 0.717) is 5.69 Å². The van der Waals surface area contributed by atoms with E-state index in [1.807, 2.05) is 27.0 Å². The summed E-state index contributed by atoms with van der Waals surface area (Å²) in [6.07, 6.45) is 3.68. The Hall–Kier alpha value is -2.70. The highest BCUT2D eigenvalue weighted by Crippen LogP contribution is 2.27. The molecule has 0 saturated carbocycles. The summed E-state index contributed by atoms with van der Waals surface area (Å²) in [5.41, 5.74) is 0.655. The van der Waals surface area contributed by atoms with E-state index < -0.39 is 11.5 Å². The van der Waals surface area contributed by atoms with Crippen LogP contribution in [0.4, 0.5) is 10.5 Å². The minimum absolute atomic E-state index is 0.148. The van der Waals surface area contributed by atoms with Gasteiger partial charge in [-0.25, -0.2) is 4.79 Å². The minimum atomic E-state index is -1.17. The van der Waals surface area contributed by atoms with Gasteiger partial charge in [0, 0.05) is 18.3 Å². The van der Waals surface area contributed by atoms with Crippen LogP contribution in [0.5, 0.6) is 0 Å². The summed E-state index contributed by atoms with van der Waals surface area (Å²) >= 11 is 0. The number of aromatic nitrogens is 3. The molecule has 2 aromatic rings. The molecule has 7 nitrogen and oxygen atoms in total. The van der Waals surface area contributed by atoms with Crippen LogP contribution in [-0.4, -0.2) is 31.7 Å². The summed E-state index contributed by atoms with van der Waals surface area (Å²) in [4.78, 5) is 27.3. The smallest absolute Gasteiger partial charge is 0.409 e. The van der Waals surface area contributed by atoms with Gasteiger partial charge in [-0.05, 0) is 32.9 Å². The quantitative estimate of drug-likeness (QED) is 0.827. The van der Waals surface area contributed by atoms with Gasteiger partial charge < -0.3 is 5.11 Å². The number of hydrogen-bond acceptors (Lipinski definition) is 4. The third-order valence-electron chi connectivity index (χ3n) is 3.49. The molecule has 2 rings (SSSR count). The standard InChI is InChI=1S/C15H18N4O3/c1-4-19-9-10(7-17-19)15(2,3)13(20)12-6-5-11(8-16-12)18-14(21)22/h5-9,18H,4H2,1-3H3,(H,21,22). The first-order valence-electron chi connectivity index (χ1n) is 6.88. The fourth-order valence-corrected chi connectivity index (χ4v) is 2.04. The van der Waals surface area contributed by atoms with Gasteiger partial charge in [-0.2, -0.15) is 5.10 Å². The molecule has 0 aromatic carbocycles. The van der Waals surface area contributed by atoms with Crippen LogP contribution in [0.2, 0.25) is 0 Å². The van der Waals surface area contributed by atoms with Crippen LogP contribution in [0.3, 0.4) is 0 Å². The monoisotopic (exact) mass is 302 g/mol. The van der Waals surface area contributed by atoms with E-state index in [1.54, 1.807) is 10.9 Å². The molecule has 22 heavy (non-hydrogen) atoms. The lowest BCUT2D eigenvalue weighted by molar-refractivity contribution is 0.0903. The number of nitrogens with zero attached hydrogens (tertiary/aromatic N) is 3. The number of carbonyl (C=O) groups is 2. The van der Waals surface area contributed by atoms with Crippen molar-refractivity contribution in [3.63, 3.8) is 0 Å². The van der Waals surface area contributed by atoms with Crippen molar-refractivity contribution in [2.45, 2.75) is 32.7 Å². The molecule has 2 N–H and O–H groups in total. The van der Waals surface area contributed by atoms with Crippen LogP contribution in [0.1, 0.15) is 36.8 Å². The van der Waals surface area contributed by atoms with E-state index in [4.69, 9.17) is 5.11 Å². The zero-order valence-electron chi connectivity index (χ0n) is 12.7. The number of carboxylic acid groups (broad SMARTS) is 1. The fraction of sp³-hybridized carbons (Fsp3) is 0.333. The number of anilines is 1. The average Bonchev–Trinajstić information content (AvgIpc) is 2.96. The second-order valence-electron chi connectivity index (χ2n) is 5.40. The van der Waals surface area contributed by atoms with Crippen LogP contribution in [0, 0.1) is 0 Å². The Morgan fingerprint density at radius 1 is 1.32 bits per heavy atom. The first kappa shape index (κ1) is 15.7. The molecule has 0 fully saturated rings. The molecule has 0 unspecified atom stereocenters. The van der Waals surface area contributed by atoms with Gasteiger partial charge in [-0.15, -0.1) is 0 Å². The summed E-state index contributed by atoms with van der Waals surface area (Å²) in [5, 5.41) is 15.0. The van der Waals surface area contributed by atoms with Crippen molar-refractivity contribution in [3.05, 3.63) is 42.0 Å². The molecule has 0 saturated heterocycles. The second-order valence-corrected chi connectivity index (χ2v) is 5.40. The lowest BCUT2D eigenvalue weighted by Gasteiger charge is -2.21. The van der Waals surface area contributed by atoms with Gasteiger partial charge in [0.1, 0.15) is 5.69 Å². The van der Waals surface area contributed by atoms with Crippen molar-refractivity contribution in [2.75, 3.05) is 5.32 Å². The van der Waals surface area contributed by atoms with Crippen LogP contribution < -0.4 is 5.32 Å². The molecule has 0 bridgehead atoms. The molecule has 0 radical (unpaired) electrons. The second kappa shape index (κ2) is 5.97. The average molecular weight is 302 g/mol. The predicted molar refractivity (Wildman–Crippen MR) is 81.1 cm³/mol. The van der Waals surface area contributed by atoms with Gasteiger partial charge in [-0.1, -0.05) is 0 Å². The highest BCUT2D eigenvalue weighted by atomic mass is 16.4. The molecule has 0 atom stereocenters. The first-order valence-corrected chi connectivity index (χ1v) is 6.88. The van der Waals surface area contributed by atoms with Gasteiger partial charge >= 0.3 is 6.09 Å². The topological polar surface area (TPSA) is 97.1 Å². The fourth-order valence-electron chi connectivity index (χ4n) is 2.04. The number of Topliss-reactive ketones (excluding diaryl/α,β-unsaturated/α-hetero) is 1. The molecule has 0 aliphatic heterocycles. The Kier molecular flexibility index (Phi) is 4.25. The Morgan fingerprint density at radius 3 is 2.55 bits per heavy atom. The van der Waals surface area contributed by atoms with E-state index in [2.05, 4.69) is 15.4 Å². The predicted octanol–water partition coefficient (Wildman–Crippen LogP) is 2.55. The molecular formula is C15H18N4O3. The normalized spacial score (nSPS) is 11.2. The lowest BCUT2D eigenvalue weighted by Crippen LogP contribution is -2.29. The van der Waals surface area contributed by atoms with Crippen molar-refractivity contribution >= 4 is 17.6 Å². The highest BCUT2D eigenvalue weighted by Gasteiger charge is 2.32. The maximum atomic E-state index is 12.7. The van der Waals surface area contributed by atoms with Gasteiger partial charge in [0.15, 0.2) is 5.78 Å². The maximum absolute atomic E-state index is 12.7. The molecular weight excluding hydrogens is 284 g/mol. The molecule has 0 aliphatic rings. The first-order chi connectivity index (χ1) is 10.3. The highest BCUT2D eigenvalue weighted by molar-refractivity contribution is 6.02. The SMILES string of the molecule is CCn1cc(C(C)(C)C(=O)c2ccc(NC(=O)O)cn2)cn1. The van der Waals surface area contributed by atoms with Crippen molar-refractivity contribution in [3.8, 4) is 0 Å². The van der Waals surface area contributed by atoms with Crippen molar-refractivity contribution in [2.24, 2.45) is 0 Å². The number of pyridine rings is 1. The molecule has 0 aliphatic carbocycles. The zero-order valence-corrected chi connectivity index (χ0v) is 12.7. The van der Waals surface area contributed by atoms with E-state index >= 15 is 0 Å². The third-order valence-corrected chi connectivity index (χ3v) is 3.49. The van der Waals surface area contributed by atoms with Gasteiger partial charge in [0.05, 0.1) is 23.5 Å². The van der Waals surface area contributed by atoms with Gasteiger partial charge in [0.25, 0.3) is 0 Å². The van der Waals surface area contributed by atoms with Crippen molar-refractivity contribution in [1.29, 1.82) is 0 Å². The summed E-state index contributed by atoms with van der Waals surface area (Å²) in [6, 6.07) is 3.03. The number of carbonyl (C=O) groups excluding carboxylic acids is 1. The maximum Gasteiger partial charge on any atom is 0.409 e. The lowest BCUT2D eigenvalue weighted by atomic mass is 9.81. The number of amides is 1. The van der Waals surface area contributed by atoms with Crippen molar-refractivity contribution < 1.29 is 14.7 Å². The number of rotatable bonds is 5. The summed E-state index contributed by atoms with van der Waals surface area (Å²) in [6.45, 7) is 6.34. The summed E-state index contributed by atoms with van der Waals surface area (Å²) in [5.74, 6) is -0.148. The summed E-state index contributed by atoms with van der Waals surface area (Å²) < 4.78 is 1.76. The molecule has 2 aromatic heterocycles. The Balaban J connectivity index is 2.23. The molecule has 2 heterocycles. The van der Waals surface area contributed by atoms with Crippen LogP contribution in [-0.2, 0) is 12.0 Å². The number of nitrogens with one attached hydrogen (secondary N) is 1. The molecule has 116 valence electrons. The summed E-state index contributed by atoms with van der Waals surface area (Å²) in [7, 11) is 0. The van der Waals surface area contributed by atoms with Crippen LogP contribution in [0.25, 0.3) is 0 Å². The van der Waals surface area contributed by atoms with E-state index in [-0.39, 0.29) is 11.5 Å². The Bertz CT molecular complexity index is 689. The van der Waals surface area contributed by atoms with Gasteiger partial charge in [0.2, 0.25) is 0 Å². The number of hydrogen-bond donors (Lipinski definition) is 2. The van der Waals surface area contributed by atoms with E-state index in [1.165, 1.54) is 18.3 Å². The Labute approximate surface area is 128 Å². The van der Waals surface area contributed by atoms with Crippen LogP contribution in [0.15, 0.2) is 30.7 Å². The number of aryl methyl sites for hydroxylation is 1. The third kappa shape index (κ3) is 3.13. The number of ketones is 1. The Morgan fingerprint density at radius 2 is 2.05 bits per heavy atom. The molecule has 1 amide bonds. The van der Waals surface area contributed by atoms with Crippen LogP contribution >= 0.6 is 0 Å².